The number of furan rings is 1. The summed E-state index contributed by atoms with van der Waals surface area (Å²) in [5.74, 6) is 4.41. The number of nitrogens with zero attached hydrogens (tertiary/aromatic N) is 2. The Balaban J connectivity index is 1.58. The van der Waals surface area contributed by atoms with Crippen LogP contribution < -0.4 is 0 Å². The molecule has 2 bridgehead atoms. The molecule has 2 aromatic heterocycles. The van der Waals surface area contributed by atoms with Crippen LogP contribution in [0.2, 0.25) is 0 Å². The second-order valence-corrected chi connectivity index (χ2v) is 7.11. The predicted octanol–water partition coefficient (Wildman–Crippen LogP) is 4.59. The summed E-state index contributed by atoms with van der Waals surface area (Å²) in [6.07, 6.45) is 8.64. The smallest absolute Gasteiger partial charge is 0.198 e. The maximum absolute atomic E-state index is 5.49. The summed E-state index contributed by atoms with van der Waals surface area (Å²) in [5, 5.41) is 7.27. The maximum atomic E-state index is 5.49. The molecule has 2 saturated carbocycles. The van der Waals surface area contributed by atoms with Crippen LogP contribution in [-0.4, -0.2) is 14.8 Å². The summed E-state index contributed by atoms with van der Waals surface area (Å²) >= 11 is 5.43. The van der Waals surface area contributed by atoms with Gasteiger partial charge in [-0.2, -0.15) is 5.10 Å². The van der Waals surface area contributed by atoms with Gasteiger partial charge in [0, 0.05) is 6.04 Å². The SMILES string of the molecule is CC(CC1CC2CCC1C2)n1c(-c2ccco2)n[nH]c1=S. The van der Waals surface area contributed by atoms with Gasteiger partial charge in [-0.05, 0) is 74.7 Å². The lowest BCUT2D eigenvalue weighted by atomic mass is 9.84. The van der Waals surface area contributed by atoms with Crippen molar-refractivity contribution in [3.63, 3.8) is 0 Å². The van der Waals surface area contributed by atoms with Crippen molar-refractivity contribution in [2.75, 3.05) is 0 Å². The number of hydrogen-bond acceptors (Lipinski definition) is 3. The van der Waals surface area contributed by atoms with E-state index in [1.807, 2.05) is 12.1 Å². The third kappa shape index (κ3) is 2.27. The molecule has 2 aliphatic carbocycles. The summed E-state index contributed by atoms with van der Waals surface area (Å²) < 4.78 is 8.31. The van der Waals surface area contributed by atoms with E-state index in [2.05, 4.69) is 21.7 Å². The van der Waals surface area contributed by atoms with Crippen molar-refractivity contribution in [3.05, 3.63) is 23.2 Å². The zero-order chi connectivity index (χ0) is 14.4. The van der Waals surface area contributed by atoms with Gasteiger partial charge in [0.15, 0.2) is 16.4 Å². The molecule has 4 rings (SSSR count). The van der Waals surface area contributed by atoms with Gasteiger partial charge in [0.1, 0.15) is 0 Å². The fourth-order valence-corrected chi connectivity index (χ4v) is 4.81. The van der Waals surface area contributed by atoms with E-state index in [1.165, 1.54) is 32.1 Å². The van der Waals surface area contributed by atoms with Gasteiger partial charge in [0.05, 0.1) is 6.26 Å². The molecule has 2 aliphatic rings. The number of aromatic amines is 1. The zero-order valence-corrected chi connectivity index (χ0v) is 13.1. The molecule has 5 heteroatoms. The molecule has 0 radical (unpaired) electrons. The van der Waals surface area contributed by atoms with Gasteiger partial charge in [-0.1, -0.05) is 6.42 Å². The van der Waals surface area contributed by atoms with Crippen LogP contribution in [0.15, 0.2) is 22.8 Å². The second-order valence-electron chi connectivity index (χ2n) is 6.72. The number of rotatable bonds is 4. The van der Waals surface area contributed by atoms with Gasteiger partial charge < -0.3 is 4.42 Å². The molecule has 0 saturated heterocycles. The minimum absolute atomic E-state index is 0.362. The van der Waals surface area contributed by atoms with Crippen LogP contribution in [0.5, 0.6) is 0 Å². The van der Waals surface area contributed by atoms with Crippen molar-refractivity contribution < 1.29 is 4.42 Å². The zero-order valence-electron chi connectivity index (χ0n) is 12.3. The number of nitrogens with one attached hydrogen (secondary N) is 1. The predicted molar refractivity (Wildman–Crippen MR) is 83.4 cm³/mol. The molecule has 112 valence electrons. The summed E-state index contributed by atoms with van der Waals surface area (Å²) in [5.41, 5.74) is 0. The average Bonchev–Trinajstić information content (AvgIpc) is 3.22. The van der Waals surface area contributed by atoms with Crippen LogP contribution in [0.3, 0.4) is 0 Å². The standard InChI is InChI=1S/C16H21N3OS/c1-10(7-13-9-11-4-5-12(13)8-11)19-15(17-18-16(19)21)14-3-2-6-20-14/h2-3,6,10-13H,4-5,7-9H2,1H3,(H,18,21). The minimum atomic E-state index is 0.362. The van der Waals surface area contributed by atoms with Crippen molar-refractivity contribution in [2.24, 2.45) is 17.8 Å². The molecular formula is C16H21N3OS. The highest BCUT2D eigenvalue weighted by Gasteiger charge is 2.40. The highest BCUT2D eigenvalue weighted by Crippen LogP contribution is 2.50. The van der Waals surface area contributed by atoms with E-state index in [9.17, 15) is 0 Å². The lowest BCUT2D eigenvalue weighted by molar-refractivity contribution is 0.274. The van der Waals surface area contributed by atoms with Gasteiger partial charge in [0.2, 0.25) is 0 Å². The molecular weight excluding hydrogens is 282 g/mol. The Morgan fingerprint density at radius 2 is 2.38 bits per heavy atom. The number of hydrogen-bond donors (Lipinski definition) is 1. The number of H-pyrrole nitrogens is 1. The summed E-state index contributed by atoms with van der Waals surface area (Å²) in [6.45, 7) is 2.25. The Kier molecular flexibility index (Phi) is 3.25. The molecule has 0 aliphatic heterocycles. The van der Waals surface area contributed by atoms with E-state index in [1.54, 1.807) is 6.26 Å². The van der Waals surface area contributed by atoms with E-state index in [0.29, 0.717) is 10.8 Å². The first kappa shape index (κ1) is 13.3. The highest BCUT2D eigenvalue weighted by atomic mass is 32.1. The summed E-state index contributed by atoms with van der Waals surface area (Å²) in [4.78, 5) is 0. The second kappa shape index (κ2) is 5.13. The largest absolute Gasteiger partial charge is 0.461 e. The average molecular weight is 303 g/mol. The van der Waals surface area contributed by atoms with Gasteiger partial charge in [0.25, 0.3) is 0 Å². The van der Waals surface area contributed by atoms with Crippen LogP contribution in [0, 0.1) is 22.5 Å². The quantitative estimate of drug-likeness (QED) is 0.840. The molecule has 2 aromatic rings. The monoisotopic (exact) mass is 303 g/mol. The van der Waals surface area contributed by atoms with E-state index < -0.39 is 0 Å². The first-order valence-electron chi connectivity index (χ1n) is 7.93. The molecule has 0 aromatic carbocycles. The van der Waals surface area contributed by atoms with Crippen LogP contribution in [0.1, 0.15) is 45.1 Å². The minimum Gasteiger partial charge on any atom is -0.461 e. The highest BCUT2D eigenvalue weighted by molar-refractivity contribution is 7.71. The molecule has 4 nitrogen and oxygen atoms in total. The Morgan fingerprint density at radius 3 is 3.05 bits per heavy atom. The molecule has 2 heterocycles. The van der Waals surface area contributed by atoms with Crippen molar-refractivity contribution in [3.8, 4) is 11.6 Å². The van der Waals surface area contributed by atoms with Crippen LogP contribution >= 0.6 is 12.2 Å². The Hall–Kier alpha value is -1.36. The molecule has 2 fully saturated rings. The van der Waals surface area contributed by atoms with Crippen molar-refractivity contribution in [2.45, 2.75) is 45.1 Å². The van der Waals surface area contributed by atoms with Gasteiger partial charge in [-0.25, -0.2) is 0 Å². The first-order chi connectivity index (χ1) is 10.2. The van der Waals surface area contributed by atoms with Crippen molar-refractivity contribution in [1.82, 2.24) is 14.8 Å². The van der Waals surface area contributed by atoms with Gasteiger partial charge in [-0.3, -0.25) is 9.67 Å². The molecule has 4 unspecified atom stereocenters. The van der Waals surface area contributed by atoms with Crippen LogP contribution in [0.25, 0.3) is 11.6 Å². The van der Waals surface area contributed by atoms with Crippen molar-refractivity contribution in [1.29, 1.82) is 0 Å². The molecule has 4 atom stereocenters. The molecule has 0 spiro atoms. The third-order valence-electron chi connectivity index (χ3n) is 5.42. The van der Waals surface area contributed by atoms with Crippen LogP contribution in [0.4, 0.5) is 0 Å². The normalized spacial score (nSPS) is 29.1. The lowest BCUT2D eigenvalue weighted by Crippen LogP contribution is -2.17. The van der Waals surface area contributed by atoms with Crippen molar-refractivity contribution >= 4 is 12.2 Å². The summed E-state index contributed by atoms with van der Waals surface area (Å²) in [6, 6.07) is 4.18. The van der Waals surface area contributed by atoms with Gasteiger partial charge >= 0.3 is 0 Å². The molecule has 0 amide bonds. The third-order valence-corrected chi connectivity index (χ3v) is 5.70. The Bertz CT molecular complexity index is 672. The van der Waals surface area contributed by atoms with Gasteiger partial charge in [-0.15, -0.1) is 0 Å². The van der Waals surface area contributed by atoms with E-state index in [4.69, 9.17) is 16.6 Å². The van der Waals surface area contributed by atoms with E-state index in [0.717, 1.165) is 29.3 Å². The lowest BCUT2D eigenvalue weighted by Gasteiger charge is -2.25. The number of aromatic nitrogens is 3. The first-order valence-corrected chi connectivity index (χ1v) is 8.34. The maximum Gasteiger partial charge on any atom is 0.198 e. The topological polar surface area (TPSA) is 46.8 Å². The van der Waals surface area contributed by atoms with Crippen LogP contribution in [-0.2, 0) is 0 Å². The Morgan fingerprint density at radius 1 is 1.48 bits per heavy atom. The Labute approximate surface area is 129 Å². The number of fused-ring (bicyclic) bond motifs is 2. The van der Waals surface area contributed by atoms with E-state index >= 15 is 0 Å². The summed E-state index contributed by atoms with van der Waals surface area (Å²) in [7, 11) is 0. The van der Waals surface area contributed by atoms with E-state index in [-0.39, 0.29) is 0 Å². The molecule has 1 N–H and O–H groups in total. The fraction of sp³-hybridized carbons (Fsp3) is 0.625. The molecule has 21 heavy (non-hydrogen) atoms. The fourth-order valence-electron chi connectivity index (χ4n) is 4.50.